The van der Waals surface area contributed by atoms with E-state index in [2.05, 4.69) is 5.32 Å². The summed E-state index contributed by atoms with van der Waals surface area (Å²) in [7, 11) is -3.73. The lowest BCUT2D eigenvalue weighted by Crippen LogP contribution is -2.35. The van der Waals surface area contributed by atoms with E-state index in [9.17, 15) is 23.1 Å². The number of carboxylic acid groups (broad SMARTS) is 1. The third-order valence-electron chi connectivity index (χ3n) is 4.56. The second-order valence-electron chi connectivity index (χ2n) is 6.32. The second-order valence-corrected chi connectivity index (χ2v) is 8.26. The molecule has 1 atom stereocenters. The Kier molecular flexibility index (Phi) is 3.68. The Balaban J connectivity index is 1.89. The summed E-state index contributed by atoms with van der Waals surface area (Å²) in [4.78, 5) is 22.8. The van der Waals surface area contributed by atoms with Crippen molar-refractivity contribution in [1.82, 2.24) is 4.31 Å². The van der Waals surface area contributed by atoms with Gasteiger partial charge in [0.25, 0.3) is 0 Å². The molecule has 0 unspecified atom stereocenters. The molecule has 0 saturated carbocycles. The van der Waals surface area contributed by atoms with Crippen LogP contribution in [-0.4, -0.2) is 42.8 Å². The van der Waals surface area contributed by atoms with Gasteiger partial charge in [-0.05, 0) is 43.5 Å². The van der Waals surface area contributed by atoms with Crippen molar-refractivity contribution in [2.24, 2.45) is 5.41 Å². The smallest absolute Gasteiger partial charge is 0.310 e. The minimum atomic E-state index is -3.73. The Morgan fingerprint density at radius 1 is 1.35 bits per heavy atom. The van der Waals surface area contributed by atoms with Gasteiger partial charge in [-0.25, -0.2) is 8.42 Å². The summed E-state index contributed by atoms with van der Waals surface area (Å²) >= 11 is 0. The number of rotatable bonds is 3. The number of fused-ring (bicyclic) bond motifs is 1. The van der Waals surface area contributed by atoms with Crippen molar-refractivity contribution >= 4 is 27.6 Å². The Hall–Kier alpha value is -1.93. The Bertz CT molecular complexity index is 789. The van der Waals surface area contributed by atoms with E-state index in [1.807, 2.05) is 0 Å². The summed E-state index contributed by atoms with van der Waals surface area (Å²) in [5.41, 5.74) is 0.373. The zero-order valence-electron chi connectivity index (χ0n) is 12.7. The van der Waals surface area contributed by atoms with Gasteiger partial charge in [0.2, 0.25) is 15.9 Å². The maximum absolute atomic E-state index is 12.7. The zero-order valence-corrected chi connectivity index (χ0v) is 13.5. The SMILES string of the molecule is C[C@@]1(C(=O)O)CCN(S(=O)(=O)c2ccc3c(c2)CCC(=O)N3)C1. The highest BCUT2D eigenvalue weighted by Gasteiger charge is 2.45. The first-order valence-corrected chi connectivity index (χ1v) is 8.83. The molecule has 124 valence electrons. The number of carbonyl (C=O) groups is 2. The quantitative estimate of drug-likeness (QED) is 0.857. The predicted molar refractivity (Wildman–Crippen MR) is 82.5 cm³/mol. The number of benzene rings is 1. The van der Waals surface area contributed by atoms with Gasteiger partial charge in [-0.1, -0.05) is 0 Å². The van der Waals surface area contributed by atoms with Crippen LogP contribution in [0.2, 0.25) is 0 Å². The minimum Gasteiger partial charge on any atom is -0.481 e. The number of nitrogens with zero attached hydrogens (tertiary/aromatic N) is 1. The van der Waals surface area contributed by atoms with Crippen LogP contribution in [0.4, 0.5) is 5.69 Å². The maximum atomic E-state index is 12.7. The van der Waals surface area contributed by atoms with Crippen LogP contribution in [0.25, 0.3) is 0 Å². The zero-order chi connectivity index (χ0) is 16.8. The number of aliphatic carboxylic acids is 1. The van der Waals surface area contributed by atoms with Crippen LogP contribution in [0.15, 0.2) is 23.1 Å². The summed E-state index contributed by atoms with van der Waals surface area (Å²) in [5.74, 6) is -1.06. The van der Waals surface area contributed by atoms with E-state index in [0.717, 1.165) is 5.56 Å². The molecule has 0 bridgehead atoms. The van der Waals surface area contributed by atoms with Gasteiger partial charge >= 0.3 is 5.97 Å². The lowest BCUT2D eigenvalue weighted by atomic mass is 9.90. The maximum Gasteiger partial charge on any atom is 0.310 e. The summed E-state index contributed by atoms with van der Waals surface area (Å²) in [6, 6.07) is 4.61. The molecule has 1 amide bonds. The van der Waals surface area contributed by atoms with Crippen molar-refractivity contribution in [1.29, 1.82) is 0 Å². The molecule has 23 heavy (non-hydrogen) atoms. The molecule has 3 rings (SSSR count). The highest BCUT2D eigenvalue weighted by atomic mass is 32.2. The average Bonchev–Trinajstić information content (AvgIpc) is 2.91. The van der Waals surface area contributed by atoms with E-state index >= 15 is 0 Å². The van der Waals surface area contributed by atoms with Gasteiger partial charge in [0.05, 0.1) is 10.3 Å². The number of carboxylic acids is 1. The molecule has 0 spiro atoms. The molecule has 2 N–H and O–H groups in total. The molecular weight excluding hydrogens is 320 g/mol. The molecule has 7 nitrogen and oxygen atoms in total. The first kappa shape index (κ1) is 15.9. The van der Waals surface area contributed by atoms with Crippen molar-refractivity contribution in [3.05, 3.63) is 23.8 Å². The number of sulfonamides is 1. The van der Waals surface area contributed by atoms with Gasteiger partial charge in [-0.2, -0.15) is 4.31 Å². The van der Waals surface area contributed by atoms with Crippen LogP contribution in [0, 0.1) is 5.41 Å². The lowest BCUT2D eigenvalue weighted by molar-refractivity contribution is -0.146. The van der Waals surface area contributed by atoms with Crippen LogP contribution in [0.1, 0.15) is 25.3 Å². The molecule has 1 aromatic rings. The number of nitrogens with one attached hydrogen (secondary N) is 1. The van der Waals surface area contributed by atoms with Crippen molar-refractivity contribution in [2.45, 2.75) is 31.1 Å². The number of hydrogen-bond acceptors (Lipinski definition) is 4. The number of carbonyl (C=O) groups excluding carboxylic acids is 1. The first-order valence-electron chi connectivity index (χ1n) is 7.39. The summed E-state index contributed by atoms with van der Waals surface area (Å²) < 4.78 is 26.7. The van der Waals surface area contributed by atoms with E-state index in [-0.39, 0.29) is 23.9 Å². The standard InChI is InChI=1S/C15H18N2O5S/c1-15(14(19)20)6-7-17(9-15)23(21,22)11-3-4-12-10(8-11)2-5-13(18)16-12/h3-4,8H,2,5-7,9H2,1H3,(H,16,18)(H,19,20)/t15-/m1/s1. The third kappa shape index (κ3) is 2.72. The molecule has 0 radical (unpaired) electrons. The van der Waals surface area contributed by atoms with E-state index in [4.69, 9.17) is 0 Å². The number of aryl methyl sites for hydroxylation is 1. The van der Waals surface area contributed by atoms with Crippen molar-refractivity contribution in [3.8, 4) is 0 Å². The molecule has 2 aliphatic rings. The molecule has 8 heteroatoms. The number of amides is 1. The molecule has 1 saturated heterocycles. The fourth-order valence-electron chi connectivity index (χ4n) is 2.97. The fourth-order valence-corrected chi connectivity index (χ4v) is 4.58. The molecular formula is C15H18N2O5S. The number of hydrogen-bond donors (Lipinski definition) is 2. The molecule has 2 heterocycles. The van der Waals surface area contributed by atoms with Gasteiger partial charge in [-0.3, -0.25) is 9.59 Å². The Morgan fingerprint density at radius 2 is 2.09 bits per heavy atom. The van der Waals surface area contributed by atoms with E-state index in [0.29, 0.717) is 24.9 Å². The number of anilines is 1. The second kappa shape index (κ2) is 5.31. The van der Waals surface area contributed by atoms with Gasteiger partial charge < -0.3 is 10.4 Å². The monoisotopic (exact) mass is 338 g/mol. The highest BCUT2D eigenvalue weighted by Crippen LogP contribution is 2.35. The Labute approximate surface area is 134 Å². The van der Waals surface area contributed by atoms with Crippen LogP contribution in [0.5, 0.6) is 0 Å². The molecule has 0 aromatic heterocycles. The van der Waals surface area contributed by atoms with Gasteiger partial charge in [0, 0.05) is 25.2 Å². The molecule has 0 aliphatic carbocycles. The van der Waals surface area contributed by atoms with Crippen molar-refractivity contribution in [3.63, 3.8) is 0 Å². The summed E-state index contributed by atoms with van der Waals surface area (Å²) in [6.45, 7) is 1.73. The highest BCUT2D eigenvalue weighted by molar-refractivity contribution is 7.89. The van der Waals surface area contributed by atoms with E-state index < -0.39 is 21.4 Å². The Morgan fingerprint density at radius 3 is 2.74 bits per heavy atom. The van der Waals surface area contributed by atoms with Crippen LogP contribution in [-0.2, 0) is 26.0 Å². The molecule has 1 aromatic carbocycles. The van der Waals surface area contributed by atoms with Crippen molar-refractivity contribution in [2.75, 3.05) is 18.4 Å². The minimum absolute atomic E-state index is 0.0293. The van der Waals surface area contributed by atoms with Gasteiger partial charge in [0.15, 0.2) is 0 Å². The van der Waals surface area contributed by atoms with E-state index in [1.165, 1.54) is 10.4 Å². The first-order chi connectivity index (χ1) is 10.7. The lowest BCUT2D eigenvalue weighted by Gasteiger charge is -2.22. The van der Waals surface area contributed by atoms with Crippen molar-refractivity contribution < 1.29 is 23.1 Å². The molecule has 1 fully saturated rings. The van der Waals surface area contributed by atoms with E-state index in [1.54, 1.807) is 19.1 Å². The fraction of sp³-hybridized carbons (Fsp3) is 0.467. The summed E-state index contributed by atoms with van der Waals surface area (Å²) in [5, 5.41) is 12.0. The predicted octanol–water partition coefficient (Wildman–Crippen LogP) is 1.06. The van der Waals surface area contributed by atoms with Gasteiger partial charge in [-0.15, -0.1) is 0 Å². The van der Waals surface area contributed by atoms with Crippen LogP contribution >= 0.6 is 0 Å². The average molecular weight is 338 g/mol. The molecule has 2 aliphatic heterocycles. The van der Waals surface area contributed by atoms with Crippen LogP contribution in [0.3, 0.4) is 0 Å². The third-order valence-corrected chi connectivity index (χ3v) is 6.41. The normalized spacial score (nSPS) is 25.0. The summed E-state index contributed by atoms with van der Waals surface area (Å²) in [6.07, 6.45) is 1.12. The van der Waals surface area contributed by atoms with Crippen LogP contribution < -0.4 is 5.32 Å². The largest absolute Gasteiger partial charge is 0.481 e. The van der Waals surface area contributed by atoms with Gasteiger partial charge in [0.1, 0.15) is 0 Å². The topological polar surface area (TPSA) is 104 Å².